The third-order valence-electron chi connectivity index (χ3n) is 3.89. The van der Waals surface area contributed by atoms with E-state index in [-0.39, 0.29) is 28.0 Å². The molecule has 2 aromatic rings. The van der Waals surface area contributed by atoms with Crippen molar-refractivity contribution in [1.29, 1.82) is 0 Å². The van der Waals surface area contributed by atoms with Crippen molar-refractivity contribution >= 4 is 35.0 Å². The number of anilines is 1. The SMILES string of the molecule is O=C1OC(c2ccccc2)=NC1=NNc1ccc(Cl)c(COCC(F)(F)C(F)(F)F)c1. The molecule has 0 radical (unpaired) electrons. The molecule has 0 fully saturated rings. The summed E-state index contributed by atoms with van der Waals surface area (Å²) < 4.78 is 72.0. The Labute approximate surface area is 177 Å². The average molecular weight is 462 g/mol. The Kier molecular flexibility index (Phi) is 6.56. The first-order valence-corrected chi connectivity index (χ1v) is 8.95. The highest BCUT2D eigenvalue weighted by molar-refractivity contribution is 6.43. The molecule has 0 saturated heterocycles. The van der Waals surface area contributed by atoms with E-state index >= 15 is 0 Å². The van der Waals surface area contributed by atoms with Crippen LogP contribution in [-0.4, -0.2) is 36.4 Å². The second-order valence-corrected chi connectivity index (χ2v) is 6.63. The molecular formula is C19H13ClF5N3O3. The molecule has 0 spiro atoms. The lowest BCUT2D eigenvalue weighted by atomic mass is 10.2. The number of benzene rings is 2. The van der Waals surface area contributed by atoms with Crippen LogP contribution >= 0.6 is 11.6 Å². The van der Waals surface area contributed by atoms with Crippen molar-refractivity contribution in [2.45, 2.75) is 18.7 Å². The summed E-state index contributed by atoms with van der Waals surface area (Å²) in [6.07, 6.45) is -5.72. The molecule has 1 heterocycles. The highest BCUT2D eigenvalue weighted by Gasteiger charge is 2.57. The smallest absolute Gasteiger partial charge is 0.401 e. The summed E-state index contributed by atoms with van der Waals surface area (Å²) in [5.41, 5.74) is 3.49. The lowest BCUT2D eigenvalue weighted by Crippen LogP contribution is -2.40. The highest BCUT2D eigenvalue weighted by atomic mass is 35.5. The van der Waals surface area contributed by atoms with Gasteiger partial charge in [-0.3, -0.25) is 5.43 Å². The fraction of sp³-hybridized carbons (Fsp3) is 0.211. The van der Waals surface area contributed by atoms with Crippen LogP contribution in [0.25, 0.3) is 0 Å². The number of rotatable bonds is 7. The van der Waals surface area contributed by atoms with Crippen LogP contribution in [0.3, 0.4) is 0 Å². The molecule has 0 aliphatic carbocycles. The number of ether oxygens (including phenoxy) is 2. The maximum Gasteiger partial charge on any atom is 0.455 e. The Morgan fingerprint density at radius 2 is 1.81 bits per heavy atom. The summed E-state index contributed by atoms with van der Waals surface area (Å²) in [4.78, 5) is 15.9. The van der Waals surface area contributed by atoms with Gasteiger partial charge in [0, 0.05) is 10.6 Å². The predicted octanol–water partition coefficient (Wildman–Crippen LogP) is 4.78. The highest BCUT2D eigenvalue weighted by Crippen LogP contribution is 2.35. The summed E-state index contributed by atoms with van der Waals surface area (Å²) in [6.45, 7) is -2.45. The van der Waals surface area contributed by atoms with Gasteiger partial charge in [-0.1, -0.05) is 29.8 Å². The first-order valence-electron chi connectivity index (χ1n) is 8.57. The van der Waals surface area contributed by atoms with Crippen molar-refractivity contribution < 1.29 is 36.2 Å². The monoisotopic (exact) mass is 461 g/mol. The minimum absolute atomic E-state index is 0.0712. The summed E-state index contributed by atoms with van der Waals surface area (Å²) in [7, 11) is 0. The van der Waals surface area contributed by atoms with Gasteiger partial charge in [-0.2, -0.15) is 26.9 Å². The van der Waals surface area contributed by atoms with E-state index in [1.807, 2.05) is 0 Å². The van der Waals surface area contributed by atoms with E-state index in [2.05, 4.69) is 20.3 Å². The first-order chi connectivity index (χ1) is 14.6. The van der Waals surface area contributed by atoms with Crippen LogP contribution in [0.5, 0.6) is 0 Å². The molecule has 0 saturated carbocycles. The molecule has 0 unspecified atom stereocenters. The molecule has 3 rings (SSSR count). The maximum atomic E-state index is 12.9. The third-order valence-corrected chi connectivity index (χ3v) is 4.26. The van der Waals surface area contributed by atoms with Gasteiger partial charge >= 0.3 is 18.1 Å². The average Bonchev–Trinajstić information content (AvgIpc) is 3.09. The third kappa shape index (κ3) is 5.56. The van der Waals surface area contributed by atoms with E-state index < -0.39 is 31.3 Å². The van der Waals surface area contributed by atoms with E-state index in [9.17, 15) is 26.7 Å². The Bertz CT molecular complexity index is 1030. The van der Waals surface area contributed by atoms with E-state index in [1.54, 1.807) is 30.3 Å². The van der Waals surface area contributed by atoms with Gasteiger partial charge in [-0.05, 0) is 35.9 Å². The molecule has 0 atom stereocenters. The van der Waals surface area contributed by atoms with Crippen LogP contribution in [0.15, 0.2) is 58.6 Å². The van der Waals surface area contributed by atoms with Crippen molar-refractivity contribution in [3.8, 4) is 0 Å². The van der Waals surface area contributed by atoms with Crippen LogP contribution in [0, 0.1) is 0 Å². The molecule has 12 heteroatoms. The van der Waals surface area contributed by atoms with Crippen molar-refractivity contribution in [2.75, 3.05) is 12.0 Å². The van der Waals surface area contributed by atoms with Crippen molar-refractivity contribution in [1.82, 2.24) is 0 Å². The van der Waals surface area contributed by atoms with E-state index in [0.29, 0.717) is 5.56 Å². The second-order valence-electron chi connectivity index (χ2n) is 6.22. The quantitative estimate of drug-likeness (QED) is 0.366. The lowest BCUT2D eigenvalue weighted by Gasteiger charge is -2.19. The van der Waals surface area contributed by atoms with Gasteiger partial charge in [0.2, 0.25) is 5.90 Å². The van der Waals surface area contributed by atoms with Crippen LogP contribution < -0.4 is 5.43 Å². The number of nitrogens with one attached hydrogen (secondary N) is 1. The summed E-state index contributed by atoms with van der Waals surface area (Å²) in [5, 5.41) is 3.91. The van der Waals surface area contributed by atoms with Crippen LogP contribution in [-0.2, 0) is 20.9 Å². The number of nitrogens with zero attached hydrogens (tertiary/aromatic N) is 2. The lowest BCUT2D eigenvalue weighted by molar-refractivity contribution is -0.297. The van der Waals surface area contributed by atoms with Crippen molar-refractivity contribution in [3.05, 3.63) is 64.7 Å². The normalized spacial score (nSPS) is 15.7. The number of carbonyl (C=O) groups excluding carboxylic acids is 1. The second kappa shape index (κ2) is 8.98. The zero-order valence-corrected chi connectivity index (χ0v) is 16.2. The minimum atomic E-state index is -5.72. The van der Waals surface area contributed by atoms with Gasteiger partial charge in [-0.25, -0.2) is 4.79 Å². The zero-order chi connectivity index (χ0) is 22.6. The number of cyclic esters (lactones) is 1. The molecule has 0 amide bonds. The Balaban J connectivity index is 1.66. The molecule has 31 heavy (non-hydrogen) atoms. The number of amidine groups is 1. The number of hydrogen-bond acceptors (Lipinski definition) is 5. The van der Waals surface area contributed by atoms with Crippen LogP contribution in [0.2, 0.25) is 5.02 Å². The zero-order valence-electron chi connectivity index (χ0n) is 15.4. The molecule has 0 aromatic heterocycles. The van der Waals surface area contributed by atoms with E-state index in [0.717, 1.165) is 0 Å². The Morgan fingerprint density at radius 3 is 2.48 bits per heavy atom. The minimum Gasteiger partial charge on any atom is -0.401 e. The largest absolute Gasteiger partial charge is 0.455 e. The van der Waals surface area contributed by atoms with Gasteiger partial charge in [0.1, 0.15) is 6.61 Å². The van der Waals surface area contributed by atoms with Gasteiger partial charge in [0.05, 0.1) is 12.3 Å². The molecule has 1 aliphatic heterocycles. The Morgan fingerprint density at radius 1 is 1.10 bits per heavy atom. The number of aliphatic imine (C=N–C) groups is 1. The number of halogens is 6. The standard InChI is InChI=1S/C19H13ClF5N3O3/c20-14-7-6-13(8-12(14)9-30-10-18(21,22)19(23,24)25)27-28-15-17(29)31-16(26-15)11-4-2-1-3-5-11/h1-8,27H,9-10H2. The Hall–Kier alpha value is -3.05. The first kappa shape index (κ1) is 22.6. The molecule has 1 N–H and O–H groups in total. The number of hydrogen-bond donors (Lipinski definition) is 1. The summed E-state index contributed by atoms with van der Waals surface area (Å²) >= 11 is 5.92. The van der Waals surface area contributed by atoms with Crippen molar-refractivity contribution in [2.24, 2.45) is 10.1 Å². The maximum absolute atomic E-state index is 12.9. The topological polar surface area (TPSA) is 72.3 Å². The number of esters is 1. The molecule has 1 aliphatic rings. The molecular weight excluding hydrogens is 449 g/mol. The van der Waals surface area contributed by atoms with E-state index in [1.165, 1.54) is 18.2 Å². The summed E-state index contributed by atoms with van der Waals surface area (Å²) in [6, 6.07) is 12.8. The van der Waals surface area contributed by atoms with Gasteiger partial charge in [0.25, 0.3) is 5.84 Å². The number of alkyl halides is 5. The molecule has 2 aromatic carbocycles. The van der Waals surface area contributed by atoms with Crippen LogP contribution in [0.4, 0.5) is 27.6 Å². The van der Waals surface area contributed by atoms with Gasteiger partial charge < -0.3 is 9.47 Å². The van der Waals surface area contributed by atoms with Crippen LogP contribution in [0.1, 0.15) is 11.1 Å². The van der Waals surface area contributed by atoms with Crippen molar-refractivity contribution in [3.63, 3.8) is 0 Å². The summed E-state index contributed by atoms with van der Waals surface area (Å²) in [5.74, 6) is -5.98. The van der Waals surface area contributed by atoms with Gasteiger partial charge in [0.15, 0.2) is 0 Å². The fourth-order valence-corrected chi connectivity index (χ4v) is 2.49. The predicted molar refractivity (Wildman–Crippen MR) is 102 cm³/mol. The molecule has 164 valence electrons. The van der Waals surface area contributed by atoms with E-state index in [4.69, 9.17) is 16.3 Å². The number of hydrazone groups is 1. The fourth-order valence-electron chi connectivity index (χ4n) is 2.32. The molecule has 6 nitrogen and oxygen atoms in total. The van der Waals surface area contributed by atoms with Gasteiger partial charge in [-0.15, -0.1) is 5.10 Å². The molecule has 0 bridgehead atoms. The number of carbonyl (C=O) groups is 1.